The lowest BCUT2D eigenvalue weighted by atomic mass is 9.99. The molecule has 3 aromatic carbocycles. The quantitative estimate of drug-likeness (QED) is 0.627. The lowest BCUT2D eigenvalue weighted by molar-refractivity contribution is 0.469. The maximum atomic E-state index is 14.9. The first-order valence-corrected chi connectivity index (χ1v) is 8.13. The fourth-order valence-corrected chi connectivity index (χ4v) is 2.91. The van der Waals surface area contributed by atoms with Gasteiger partial charge < -0.3 is 10.4 Å². The van der Waals surface area contributed by atoms with Crippen LogP contribution in [0, 0.1) is 31.3 Å². The number of benzene rings is 3. The van der Waals surface area contributed by atoms with Crippen LogP contribution in [0.2, 0.25) is 0 Å². The van der Waals surface area contributed by atoms with Gasteiger partial charge in [0.15, 0.2) is 0 Å². The lowest BCUT2D eigenvalue weighted by Gasteiger charge is -2.15. The van der Waals surface area contributed by atoms with Crippen LogP contribution in [0.1, 0.15) is 16.7 Å². The summed E-state index contributed by atoms with van der Waals surface area (Å²) in [5.74, 6) is -1.51. The summed E-state index contributed by atoms with van der Waals surface area (Å²) in [6.45, 7) is 3.41. The Morgan fingerprint density at radius 3 is 2.46 bits per heavy atom. The lowest BCUT2D eigenvalue weighted by Crippen LogP contribution is -2.06. The van der Waals surface area contributed by atoms with Crippen molar-refractivity contribution in [2.45, 2.75) is 20.4 Å². The van der Waals surface area contributed by atoms with Gasteiger partial charge in [-0.1, -0.05) is 18.2 Å². The molecule has 0 heterocycles. The topological polar surface area (TPSA) is 32.3 Å². The molecule has 2 N–H and O–H groups in total. The summed E-state index contributed by atoms with van der Waals surface area (Å²) in [5.41, 5.74) is 2.32. The third kappa shape index (κ3) is 3.52. The van der Waals surface area contributed by atoms with Crippen molar-refractivity contribution in [3.8, 4) is 16.9 Å². The number of hydrogen-bond donors (Lipinski definition) is 2. The molecule has 0 saturated carbocycles. The van der Waals surface area contributed by atoms with Crippen LogP contribution < -0.4 is 5.32 Å². The molecule has 0 aliphatic heterocycles. The largest absolute Gasteiger partial charge is 0.508 e. The van der Waals surface area contributed by atoms with Crippen LogP contribution in [0.15, 0.2) is 48.5 Å². The van der Waals surface area contributed by atoms with Gasteiger partial charge in [-0.05, 0) is 55.3 Å². The van der Waals surface area contributed by atoms with Gasteiger partial charge in [-0.15, -0.1) is 0 Å². The molecule has 2 nitrogen and oxygen atoms in total. The third-order valence-corrected chi connectivity index (χ3v) is 4.27. The zero-order chi connectivity index (χ0) is 18.8. The first-order valence-electron chi connectivity index (χ1n) is 8.13. The second-order valence-electron chi connectivity index (χ2n) is 6.22. The number of phenols is 1. The molecule has 3 aromatic rings. The molecule has 0 unspecified atom stereocenters. The summed E-state index contributed by atoms with van der Waals surface area (Å²) in [6.07, 6.45) is 0. The fourth-order valence-electron chi connectivity index (χ4n) is 2.91. The van der Waals surface area contributed by atoms with Gasteiger partial charge in [-0.3, -0.25) is 0 Å². The van der Waals surface area contributed by atoms with Crippen LogP contribution >= 0.6 is 0 Å². The smallest absolute Gasteiger partial charge is 0.146 e. The Hall–Kier alpha value is -2.95. The standard InChI is InChI=1S/C21H18F3NO/c1-12-8-15(11-25-21-13(2)19(26)7-6-18(21)23)20(24)17(9-12)14-4-3-5-16(22)10-14/h3-10,25-26H,11H2,1-2H3. The van der Waals surface area contributed by atoms with Crippen molar-refractivity contribution in [1.82, 2.24) is 0 Å². The fraction of sp³-hybridized carbons (Fsp3) is 0.143. The summed E-state index contributed by atoms with van der Waals surface area (Å²) < 4.78 is 42.4. The third-order valence-electron chi connectivity index (χ3n) is 4.27. The van der Waals surface area contributed by atoms with E-state index in [2.05, 4.69) is 5.32 Å². The summed E-state index contributed by atoms with van der Waals surface area (Å²) in [6, 6.07) is 11.4. The van der Waals surface area contributed by atoms with Crippen LogP contribution in [0.25, 0.3) is 11.1 Å². The molecule has 134 valence electrons. The molecule has 0 spiro atoms. The number of hydrogen-bond acceptors (Lipinski definition) is 2. The van der Waals surface area contributed by atoms with E-state index in [-0.39, 0.29) is 23.5 Å². The molecule has 0 amide bonds. The van der Waals surface area contributed by atoms with E-state index in [0.29, 0.717) is 16.7 Å². The monoisotopic (exact) mass is 357 g/mol. The zero-order valence-corrected chi connectivity index (χ0v) is 14.4. The van der Waals surface area contributed by atoms with Gasteiger partial charge in [0.2, 0.25) is 0 Å². The number of anilines is 1. The molecule has 0 saturated heterocycles. The van der Waals surface area contributed by atoms with Crippen LogP contribution in [0.5, 0.6) is 5.75 Å². The van der Waals surface area contributed by atoms with E-state index in [1.807, 2.05) is 6.92 Å². The number of rotatable bonds is 4. The Bertz CT molecular complexity index is 970. The Morgan fingerprint density at radius 1 is 0.962 bits per heavy atom. The van der Waals surface area contributed by atoms with Crippen molar-refractivity contribution in [3.05, 3.63) is 82.7 Å². The van der Waals surface area contributed by atoms with E-state index in [1.165, 1.54) is 24.3 Å². The number of halogens is 3. The maximum absolute atomic E-state index is 14.9. The van der Waals surface area contributed by atoms with E-state index in [1.54, 1.807) is 25.1 Å². The first-order chi connectivity index (χ1) is 12.4. The number of aryl methyl sites for hydroxylation is 1. The van der Waals surface area contributed by atoms with Crippen LogP contribution in [-0.4, -0.2) is 5.11 Å². The molecule has 5 heteroatoms. The predicted molar refractivity (Wildman–Crippen MR) is 96.7 cm³/mol. The maximum Gasteiger partial charge on any atom is 0.146 e. The Morgan fingerprint density at radius 2 is 1.73 bits per heavy atom. The molecule has 26 heavy (non-hydrogen) atoms. The van der Waals surface area contributed by atoms with Gasteiger partial charge in [-0.2, -0.15) is 0 Å². The van der Waals surface area contributed by atoms with Crippen molar-refractivity contribution < 1.29 is 18.3 Å². The minimum atomic E-state index is -0.529. The number of nitrogens with one attached hydrogen (secondary N) is 1. The SMILES string of the molecule is Cc1cc(CNc2c(F)ccc(O)c2C)c(F)c(-c2cccc(F)c2)c1. The zero-order valence-electron chi connectivity index (χ0n) is 14.4. The highest BCUT2D eigenvalue weighted by atomic mass is 19.1. The molecule has 0 bridgehead atoms. The van der Waals surface area contributed by atoms with Crippen LogP contribution in [0.3, 0.4) is 0 Å². The highest BCUT2D eigenvalue weighted by Crippen LogP contribution is 2.30. The molecular formula is C21H18F3NO. The van der Waals surface area contributed by atoms with Gasteiger partial charge in [0.25, 0.3) is 0 Å². The minimum Gasteiger partial charge on any atom is -0.508 e. The Balaban J connectivity index is 1.96. The second-order valence-corrected chi connectivity index (χ2v) is 6.22. The highest BCUT2D eigenvalue weighted by molar-refractivity contribution is 5.66. The first kappa shape index (κ1) is 17.9. The van der Waals surface area contributed by atoms with Gasteiger partial charge in [0.05, 0.1) is 5.69 Å². The predicted octanol–water partition coefficient (Wildman–Crippen LogP) is 5.71. The molecule has 0 aliphatic carbocycles. The summed E-state index contributed by atoms with van der Waals surface area (Å²) in [5, 5.41) is 12.6. The summed E-state index contributed by atoms with van der Waals surface area (Å²) in [4.78, 5) is 0. The van der Waals surface area contributed by atoms with Crippen molar-refractivity contribution in [2.24, 2.45) is 0 Å². The summed E-state index contributed by atoms with van der Waals surface area (Å²) in [7, 11) is 0. The van der Waals surface area contributed by atoms with Crippen LogP contribution in [0.4, 0.5) is 18.9 Å². The van der Waals surface area contributed by atoms with Gasteiger partial charge in [0.1, 0.15) is 23.2 Å². The van der Waals surface area contributed by atoms with E-state index in [4.69, 9.17) is 0 Å². The minimum absolute atomic E-state index is 0.0248. The summed E-state index contributed by atoms with van der Waals surface area (Å²) >= 11 is 0. The van der Waals surface area contributed by atoms with E-state index in [0.717, 1.165) is 11.6 Å². The van der Waals surface area contributed by atoms with Crippen LogP contribution in [-0.2, 0) is 6.54 Å². The van der Waals surface area contributed by atoms with Crippen molar-refractivity contribution in [2.75, 3.05) is 5.32 Å². The Labute approximate surface area is 149 Å². The van der Waals surface area contributed by atoms with Crippen molar-refractivity contribution in [3.63, 3.8) is 0 Å². The molecule has 0 atom stereocenters. The molecule has 0 aromatic heterocycles. The molecule has 0 radical (unpaired) electrons. The molecule has 3 rings (SSSR count). The average Bonchev–Trinajstić information content (AvgIpc) is 2.60. The van der Waals surface area contributed by atoms with Crippen molar-refractivity contribution >= 4 is 5.69 Å². The van der Waals surface area contributed by atoms with E-state index in [9.17, 15) is 18.3 Å². The average molecular weight is 357 g/mol. The molecule has 0 fully saturated rings. The van der Waals surface area contributed by atoms with E-state index >= 15 is 0 Å². The van der Waals surface area contributed by atoms with Gasteiger partial charge in [-0.25, -0.2) is 13.2 Å². The second kappa shape index (κ2) is 7.12. The Kier molecular flexibility index (Phi) is 4.89. The number of aromatic hydroxyl groups is 1. The normalized spacial score (nSPS) is 10.8. The molecular weight excluding hydrogens is 339 g/mol. The van der Waals surface area contributed by atoms with Crippen molar-refractivity contribution in [1.29, 1.82) is 0 Å². The highest BCUT2D eigenvalue weighted by Gasteiger charge is 2.14. The van der Waals surface area contributed by atoms with Gasteiger partial charge in [0, 0.05) is 23.2 Å². The van der Waals surface area contributed by atoms with Gasteiger partial charge >= 0.3 is 0 Å². The van der Waals surface area contributed by atoms with E-state index < -0.39 is 17.5 Å². The molecule has 0 aliphatic rings. The number of phenolic OH excluding ortho intramolecular Hbond substituents is 1.